The van der Waals surface area contributed by atoms with Gasteiger partial charge in [0.05, 0.1) is 0 Å². The SMILES string of the molecule is CC=CC(=O)[Si](CC)(CC)OCCCCCO. The van der Waals surface area contributed by atoms with E-state index in [4.69, 9.17) is 9.53 Å². The maximum Gasteiger partial charge on any atom is 0.269 e. The van der Waals surface area contributed by atoms with Crippen LogP contribution in [0.5, 0.6) is 0 Å². The highest BCUT2D eigenvalue weighted by Gasteiger charge is 2.37. The molecule has 100 valence electrons. The van der Waals surface area contributed by atoms with Crippen molar-refractivity contribution in [3.8, 4) is 0 Å². The van der Waals surface area contributed by atoms with Gasteiger partial charge in [0.2, 0.25) is 0 Å². The fourth-order valence-corrected chi connectivity index (χ4v) is 4.59. The van der Waals surface area contributed by atoms with Gasteiger partial charge in [-0.25, -0.2) is 0 Å². The van der Waals surface area contributed by atoms with E-state index in [1.807, 2.05) is 20.8 Å². The zero-order chi connectivity index (χ0) is 13.1. The zero-order valence-electron chi connectivity index (χ0n) is 11.4. The van der Waals surface area contributed by atoms with Crippen LogP contribution in [0.2, 0.25) is 12.1 Å². The van der Waals surface area contributed by atoms with Gasteiger partial charge in [-0.3, -0.25) is 4.79 Å². The summed E-state index contributed by atoms with van der Waals surface area (Å²) >= 11 is 0. The van der Waals surface area contributed by atoms with Gasteiger partial charge in [0.25, 0.3) is 8.32 Å². The molecule has 17 heavy (non-hydrogen) atoms. The Kier molecular flexibility index (Phi) is 9.31. The lowest BCUT2D eigenvalue weighted by molar-refractivity contribution is -0.110. The molecule has 0 aliphatic heterocycles. The van der Waals surface area contributed by atoms with Gasteiger partial charge in [-0.05, 0) is 44.4 Å². The van der Waals surface area contributed by atoms with E-state index in [2.05, 4.69) is 0 Å². The first-order valence-electron chi connectivity index (χ1n) is 6.58. The summed E-state index contributed by atoms with van der Waals surface area (Å²) in [6.07, 6.45) is 6.17. The Morgan fingerprint density at radius 3 is 2.35 bits per heavy atom. The molecule has 0 aliphatic carbocycles. The summed E-state index contributed by atoms with van der Waals surface area (Å²) in [4.78, 5) is 12.1. The molecule has 0 bridgehead atoms. The summed E-state index contributed by atoms with van der Waals surface area (Å²) in [6, 6.07) is 1.68. The van der Waals surface area contributed by atoms with Crippen molar-refractivity contribution in [3.05, 3.63) is 12.2 Å². The summed E-state index contributed by atoms with van der Waals surface area (Å²) in [6.45, 7) is 6.85. The van der Waals surface area contributed by atoms with Crippen molar-refractivity contribution in [2.24, 2.45) is 0 Å². The van der Waals surface area contributed by atoms with Crippen molar-refractivity contribution >= 4 is 13.7 Å². The first-order valence-corrected chi connectivity index (χ1v) is 8.91. The monoisotopic (exact) mass is 258 g/mol. The van der Waals surface area contributed by atoms with Crippen LogP contribution in [0, 0.1) is 0 Å². The Morgan fingerprint density at radius 1 is 1.24 bits per heavy atom. The van der Waals surface area contributed by atoms with E-state index in [1.54, 1.807) is 12.2 Å². The Balaban J connectivity index is 4.26. The minimum Gasteiger partial charge on any atom is -0.409 e. The van der Waals surface area contributed by atoms with Gasteiger partial charge in [0.1, 0.15) is 0 Å². The predicted molar refractivity (Wildman–Crippen MR) is 73.4 cm³/mol. The average molecular weight is 258 g/mol. The fourth-order valence-electron chi connectivity index (χ4n) is 1.84. The Morgan fingerprint density at radius 2 is 1.88 bits per heavy atom. The molecular weight excluding hydrogens is 232 g/mol. The Hall–Kier alpha value is -0.453. The second-order valence-corrected chi connectivity index (χ2v) is 8.38. The third kappa shape index (κ3) is 5.61. The molecule has 0 aliphatic rings. The molecule has 1 N–H and O–H groups in total. The molecule has 0 aromatic rings. The largest absolute Gasteiger partial charge is 0.409 e. The van der Waals surface area contributed by atoms with E-state index < -0.39 is 8.32 Å². The molecule has 0 rings (SSSR count). The quantitative estimate of drug-likeness (QED) is 0.372. The van der Waals surface area contributed by atoms with Crippen LogP contribution >= 0.6 is 0 Å². The minimum absolute atomic E-state index is 0.201. The van der Waals surface area contributed by atoms with Crippen molar-refractivity contribution in [2.75, 3.05) is 13.2 Å². The van der Waals surface area contributed by atoms with Crippen molar-refractivity contribution in [2.45, 2.75) is 52.1 Å². The molecule has 0 fully saturated rings. The first kappa shape index (κ1) is 16.5. The Bertz CT molecular complexity index is 235. The van der Waals surface area contributed by atoms with Gasteiger partial charge in [0, 0.05) is 13.2 Å². The topological polar surface area (TPSA) is 46.5 Å². The van der Waals surface area contributed by atoms with Gasteiger partial charge in [-0.2, -0.15) is 0 Å². The van der Waals surface area contributed by atoms with Crippen molar-refractivity contribution in [1.29, 1.82) is 0 Å². The summed E-state index contributed by atoms with van der Waals surface area (Å²) in [5.74, 6) is 0. The van der Waals surface area contributed by atoms with Crippen molar-refractivity contribution in [3.63, 3.8) is 0 Å². The summed E-state index contributed by atoms with van der Waals surface area (Å²) in [7, 11) is -2.22. The van der Waals surface area contributed by atoms with Crippen LogP contribution in [0.4, 0.5) is 0 Å². The molecule has 0 heterocycles. The highest BCUT2D eigenvalue weighted by atomic mass is 28.4. The molecule has 0 unspecified atom stereocenters. The average Bonchev–Trinajstić information content (AvgIpc) is 2.34. The fraction of sp³-hybridized carbons (Fsp3) is 0.769. The number of hydrogen-bond donors (Lipinski definition) is 1. The molecule has 0 atom stereocenters. The maximum atomic E-state index is 12.1. The molecule has 0 saturated carbocycles. The number of allylic oxidation sites excluding steroid dienone is 2. The number of aliphatic hydroxyl groups excluding tert-OH is 1. The lowest BCUT2D eigenvalue weighted by atomic mass is 10.2. The van der Waals surface area contributed by atoms with E-state index in [-0.39, 0.29) is 12.0 Å². The molecule has 0 radical (unpaired) electrons. The van der Waals surface area contributed by atoms with Crippen LogP contribution < -0.4 is 0 Å². The molecule has 0 aromatic heterocycles. The summed E-state index contributed by atoms with van der Waals surface area (Å²) < 4.78 is 5.95. The molecule has 0 aromatic carbocycles. The van der Waals surface area contributed by atoms with E-state index in [1.165, 1.54) is 0 Å². The number of unbranched alkanes of at least 4 members (excludes halogenated alkanes) is 2. The lowest BCUT2D eigenvalue weighted by Gasteiger charge is -2.26. The van der Waals surface area contributed by atoms with Gasteiger partial charge < -0.3 is 9.53 Å². The van der Waals surface area contributed by atoms with Gasteiger partial charge in [0.15, 0.2) is 5.41 Å². The molecule has 3 nitrogen and oxygen atoms in total. The second-order valence-electron chi connectivity index (χ2n) is 4.20. The molecule has 0 amide bonds. The van der Waals surface area contributed by atoms with Gasteiger partial charge in [-0.15, -0.1) is 0 Å². The van der Waals surface area contributed by atoms with Crippen LogP contribution in [0.3, 0.4) is 0 Å². The maximum absolute atomic E-state index is 12.1. The molecular formula is C13H26O3Si. The van der Waals surface area contributed by atoms with Crippen LogP contribution in [0.25, 0.3) is 0 Å². The van der Waals surface area contributed by atoms with E-state index in [9.17, 15) is 4.79 Å². The molecule has 0 spiro atoms. The van der Waals surface area contributed by atoms with E-state index in [0.29, 0.717) is 6.61 Å². The predicted octanol–water partition coefficient (Wildman–Crippen LogP) is 2.84. The normalized spacial score (nSPS) is 12.2. The van der Waals surface area contributed by atoms with Crippen molar-refractivity contribution in [1.82, 2.24) is 0 Å². The van der Waals surface area contributed by atoms with E-state index in [0.717, 1.165) is 31.4 Å². The summed E-state index contributed by atoms with van der Waals surface area (Å²) in [5.41, 5.74) is 0. The number of hydrogen-bond acceptors (Lipinski definition) is 3. The minimum atomic E-state index is -2.22. The first-order chi connectivity index (χ1) is 8.16. The second kappa shape index (κ2) is 9.56. The number of carbonyl (C=O) groups excluding carboxylic acids is 1. The smallest absolute Gasteiger partial charge is 0.269 e. The zero-order valence-corrected chi connectivity index (χ0v) is 12.4. The van der Waals surface area contributed by atoms with Crippen LogP contribution in [-0.2, 0) is 9.22 Å². The lowest BCUT2D eigenvalue weighted by Crippen LogP contribution is -2.45. The van der Waals surface area contributed by atoms with E-state index >= 15 is 0 Å². The highest BCUT2D eigenvalue weighted by Crippen LogP contribution is 2.19. The van der Waals surface area contributed by atoms with Crippen molar-refractivity contribution < 1.29 is 14.3 Å². The third-order valence-corrected chi connectivity index (χ3v) is 7.20. The van der Waals surface area contributed by atoms with Gasteiger partial charge >= 0.3 is 0 Å². The number of rotatable bonds is 10. The van der Waals surface area contributed by atoms with Gasteiger partial charge in [-0.1, -0.05) is 19.9 Å². The third-order valence-electron chi connectivity index (χ3n) is 3.09. The number of carbonyl (C=O) groups is 1. The van der Waals surface area contributed by atoms with Crippen LogP contribution in [0.15, 0.2) is 12.2 Å². The number of aliphatic hydroxyl groups is 1. The van der Waals surface area contributed by atoms with Crippen LogP contribution in [-0.4, -0.2) is 32.0 Å². The van der Waals surface area contributed by atoms with Crippen LogP contribution in [0.1, 0.15) is 40.0 Å². The summed E-state index contributed by atoms with van der Waals surface area (Å²) in [5, 5.41) is 8.88. The molecule has 4 heteroatoms. The highest BCUT2D eigenvalue weighted by molar-refractivity contribution is 7.03. The standard InChI is InChI=1S/C13H26O3Si/c1-4-10-13(15)17(5-2,6-3)16-12-9-7-8-11-14/h4,10,14H,5-9,11-12H2,1-3H3. The molecule has 0 saturated heterocycles. The Labute approximate surface area is 106 Å².